The first-order chi connectivity index (χ1) is 9.44. The van der Waals surface area contributed by atoms with Crippen LogP contribution in [0.15, 0.2) is 12.4 Å². The third-order valence-electron chi connectivity index (χ3n) is 3.71. The van der Waals surface area contributed by atoms with E-state index < -0.39 is 5.54 Å². The predicted octanol–water partition coefficient (Wildman–Crippen LogP) is 2.03. The van der Waals surface area contributed by atoms with E-state index in [4.69, 9.17) is 5.73 Å². The van der Waals surface area contributed by atoms with Crippen molar-refractivity contribution in [2.24, 2.45) is 5.73 Å². The van der Waals surface area contributed by atoms with Gasteiger partial charge in [0, 0.05) is 24.9 Å². The van der Waals surface area contributed by atoms with Gasteiger partial charge in [0.25, 0.3) is 0 Å². The summed E-state index contributed by atoms with van der Waals surface area (Å²) in [5.41, 5.74) is 4.91. The highest BCUT2D eigenvalue weighted by Gasteiger charge is 2.32. The Morgan fingerprint density at radius 1 is 1.50 bits per heavy atom. The Kier molecular flexibility index (Phi) is 6.20. The fourth-order valence-electron chi connectivity index (χ4n) is 2.51. The minimum Gasteiger partial charge on any atom is -0.368 e. The van der Waals surface area contributed by atoms with E-state index >= 15 is 0 Å². The second kappa shape index (κ2) is 7.43. The van der Waals surface area contributed by atoms with E-state index in [0.717, 1.165) is 31.6 Å². The lowest BCUT2D eigenvalue weighted by atomic mass is 9.92. The first kappa shape index (κ1) is 16.7. The Morgan fingerprint density at radius 3 is 2.75 bits per heavy atom. The van der Waals surface area contributed by atoms with E-state index in [0.29, 0.717) is 6.42 Å². The molecule has 0 fully saturated rings. The van der Waals surface area contributed by atoms with Crippen LogP contribution in [0.5, 0.6) is 0 Å². The van der Waals surface area contributed by atoms with Gasteiger partial charge in [-0.2, -0.15) is 0 Å². The van der Waals surface area contributed by atoms with Gasteiger partial charge in [-0.15, -0.1) is 0 Å². The highest BCUT2D eigenvalue weighted by atomic mass is 16.1. The lowest BCUT2D eigenvalue weighted by molar-refractivity contribution is -0.124. The SMILES string of the molecule is CCCNC(C)(CC(C)n1ccnc1CCC)C(N)=O. The number of aromatic nitrogens is 2. The van der Waals surface area contributed by atoms with Crippen LogP contribution in [0, 0.1) is 0 Å². The second-order valence-electron chi connectivity index (χ2n) is 5.68. The molecule has 1 aromatic rings. The number of carbonyl (C=O) groups is 1. The molecule has 0 aromatic carbocycles. The predicted molar refractivity (Wildman–Crippen MR) is 81.4 cm³/mol. The van der Waals surface area contributed by atoms with Gasteiger partial charge in [0.1, 0.15) is 5.82 Å². The number of imidazole rings is 1. The van der Waals surface area contributed by atoms with Crippen LogP contribution < -0.4 is 11.1 Å². The summed E-state index contributed by atoms with van der Waals surface area (Å²) in [6.07, 6.45) is 7.45. The summed E-state index contributed by atoms with van der Waals surface area (Å²) in [6.45, 7) is 9.00. The number of aryl methyl sites for hydroxylation is 1. The molecular weight excluding hydrogens is 252 g/mol. The van der Waals surface area contributed by atoms with Gasteiger partial charge in [-0.25, -0.2) is 4.98 Å². The summed E-state index contributed by atoms with van der Waals surface area (Å²) in [5.74, 6) is 0.775. The third-order valence-corrected chi connectivity index (χ3v) is 3.71. The molecule has 0 spiro atoms. The molecule has 1 heterocycles. The van der Waals surface area contributed by atoms with Crippen LogP contribution in [0.3, 0.4) is 0 Å². The van der Waals surface area contributed by atoms with Crippen molar-refractivity contribution in [1.82, 2.24) is 14.9 Å². The van der Waals surface area contributed by atoms with Gasteiger partial charge in [0.2, 0.25) is 5.91 Å². The van der Waals surface area contributed by atoms with E-state index in [1.54, 1.807) is 0 Å². The van der Waals surface area contributed by atoms with Gasteiger partial charge in [0.05, 0.1) is 5.54 Å². The largest absolute Gasteiger partial charge is 0.368 e. The van der Waals surface area contributed by atoms with Crippen molar-refractivity contribution >= 4 is 5.91 Å². The smallest absolute Gasteiger partial charge is 0.237 e. The maximum atomic E-state index is 11.8. The van der Waals surface area contributed by atoms with Crippen molar-refractivity contribution in [3.8, 4) is 0 Å². The monoisotopic (exact) mass is 280 g/mol. The zero-order valence-electron chi connectivity index (χ0n) is 13.1. The summed E-state index contributed by atoms with van der Waals surface area (Å²) in [6, 6.07) is 0.181. The molecule has 114 valence electrons. The Labute approximate surface area is 122 Å². The number of carbonyl (C=O) groups excluding carboxylic acids is 1. The van der Waals surface area contributed by atoms with Crippen molar-refractivity contribution in [3.63, 3.8) is 0 Å². The van der Waals surface area contributed by atoms with Gasteiger partial charge < -0.3 is 15.6 Å². The minimum atomic E-state index is -0.677. The molecule has 3 N–H and O–H groups in total. The Hall–Kier alpha value is -1.36. The molecule has 20 heavy (non-hydrogen) atoms. The van der Waals surface area contributed by atoms with E-state index in [-0.39, 0.29) is 11.9 Å². The van der Waals surface area contributed by atoms with Crippen LogP contribution >= 0.6 is 0 Å². The van der Waals surface area contributed by atoms with Gasteiger partial charge >= 0.3 is 0 Å². The number of nitrogens with one attached hydrogen (secondary N) is 1. The molecular formula is C15H28N4O. The quantitative estimate of drug-likeness (QED) is 0.727. The van der Waals surface area contributed by atoms with Crippen molar-refractivity contribution in [2.75, 3.05) is 6.54 Å². The average Bonchev–Trinajstić information content (AvgIpc) is 2.85. The van der Waals surface area contributed by atoms with Gasteiger partial charge in [-0.1, -0.05) is 13.8 Å². The number of rotatable bonds is 9. The van der Waals surface area contributed by atoms with Crippen LogP contribution in [0.2, 0.25) is 0 Å². The molecule has 0 saturated carbocycles. The van der Waals surface area contributed by atoms with E-state index in [1.807, 2.05) is 19.3 Å². The third kappa shape index (κ3) is 4.07. The summed E-state index contributed by atoms with van der Waals surface area (Å²) in [4.78, 5) is 16.2. The van der Waals surface area contributed by atoms with Crippen molar-refractivity contribution in [2.45, 2.75) is 65.0 Å². The lowest BCUT2D eigenvalue weighted by Gasteiger charge is -2.31. The fourth-order valence-corrected chi connectivity index (χ4v) is 2.51. The highest BCUT2D eigenvalue weighted by molar-refractivity contribution is 5.84. The molecule has 1 aromatic heterocycles. The van der Waals surface area contributed by atoms with Gasteiger partial charge in [-0.3, -0.25) is 4.79 Å². The summed E-state index contributed by atoms with van der Waals surface area (Å²) >= 11 is 0. The zero-order valence-corrected chi connectivity index (χ0v) is 13.1. The number of nitrogens with two attached hydrogens (primary N) is 1. The number of amides is 1. The number of primary amides is 1. The zero-order chi connectivity index (χ0) is 15.2. The van der Waals surface area contributed by atoms with E-state index in [1.165, 1.54) is 0 Å². The molecule has 0 aliphatic carbocycles. The van der Waals surface area contributed by atoms with Crippen LogP contribution in [0.25, 0.3) is 0 Å². The summed E-state index contributed by atoms with van der Waals surface area (Å²) < 4.78 is 2.15. The van der Waals surface area contributed by atoms with Crippen LogP contribution in [-0.2, 0) is 11.2 Å². The first-order valence-corrected chi connectivity index (χ1v) is 7.51. The van der Waals surface area contributed by atoms with E-state index in [2.05, 4.69) is 35.6 Å². The molecule has 1 rings (SSSR count). The van der Waals surface area contributed by atoms with Crippen molar-refractivity contribution < 1.29 is 4.79 Å². The Balaban J connectivity index is 2.82. The number of nitrogens with zero attached hydrogens (tertiary/aromatic N) is 2. The number of hydrogen-bond acceptors (Lipinski definition) is 3. The van der Waals surface area contributed by atoms with Crippen LogP contribution in [0.4, 0.5) is 0 Å². The summed E-state index contributed by atoms with van der Waals surface area (Å²) in [7, 11) is 0. The standard InChI is InChI=1S/C15H28N4O/c1-5-7-13-17-9-10-19(13)12(3)11-15(4,14(16)20)18-8-6-2/h9-10,12,18H,5-8,11H2,1-4H3,(H2,16,20). The van der Waals surface area contributed by atoms with Crippen molar-refractivity contribution in [1.29, 1.82) is 0 Å². The van der Waals surface area contributed by atoms with Gasteiger partial charge in [0.15, 0.2) is 0 Å². The summed E-state index contributed by atoms with van der Waals surface area (Å²) in [5, 5.41) is 3.28. The molecule has 2 unspecified atom stereocenters. The maximum Gasteiger partial charge on any atom is 0.237 e. The molecule has 0 saturated heterocycles. The molecule has 0 aliphatic heterocycles. The molecule has 5 heteroatoms. The van der Waals surface area contributed by atoms with Crippen LogP contribution in [-0.4, -0.2) is 27.5 Å². The molecule has 5 nitrogen and oxygen atoms in total. The molecule has 1 amide bonds. The highest BCUT2D eigenvalue weighted by Crippen LogP contribution is 2.22. The van der Waals surface area contributed by atoms with E-state index in [9.17, 15) is 4.79 Å². The normalized spacial score (nSPS) is 15.8. The number of hydrogen-bond donors (Lipinski definition) is 2. The Bertz CT molecular complexity index is 429. The maximum absolute atomic E-state index is 11.8. The molecule has 0 bridgehead atoms. The first-order valence-electron chi connectivity index (χ1n) is 7.51. The van der Waals surface area contributed by atoms with Crippen LogP contribution in [0.1, 0.15) is 58.8 Å². The van der Waals surface area contributed by atoms with Gasteiger partial charge in [-0.05, 0) is 39.7 Å². The Morgan fingerprint density at radius 2 is 2.20 bits per heavy atom. The lowest BCUT2D eigenvalue weighted by Crippen LogP contribution is -2.54. The molecule has 2 atom stereocenters. The van der Waals surface area contributed by atoms with Crippen molar-refractivity contribution in [3.05, 3.63) is 18.2 Å². The molecule has 0 radical (unpaired) electrons. The molecule has 0 aliphatic rings. The fraction of sp³-hybridized carbons (Fsp3) is 0.733. The average molecular weight is 280 g/mol. The second-order valence-corrected chi connectivity index (χ2v) is 5.68. The topological polar surface area (TPSA) is 72.9 Å². The minimum absolute atomic E-state index is 0.181.